The van der Waals surface area contributed by atoms with Crippen LogP contribution in [0.3, 0.4) is 0 Å². The van der Waals surface area contributed by atoms with Gasteiger partial charge in [-0.05, 0) is 6.07 Å². The Hall–Kier alpha value is -1.34. The number of hydrogen-bond donors (Lipinski definition) is 2. The highest BCUT2D eigenvalue weighted by Crippen LogP contribution is 2.19. The number of carbonyl (C=O) groups is 1. The minimum Gasteiger partial charge on any atom is -0.397 e. The van der Waals surface area contributed by atoms with Gasteiger partial charge in [0.25, 0.3) is 10.0 Å². The molecule has 1 rings (SSSR count). The van der Waals surface area contributed by atoms with Gasteiger partial charge >= 0.3 is 0 Å². The number of rotatable bonds is 2. The number of nitrogens with one attached hydrogen (secondary N) is 1. The van der Waals surface area contributed by atoms with E-state index in [1.54, 1.807) is 4.72 Å². The fraction of sp³-hybridized carbons (Fsp3) is 0.143. The Morgan fingerprint density at radius 3 is 2.67 bits per heavy atom. The van der Waals surface area contributed by atoms with Gasteiger partial charge in [0.05, 0.1) is 11.9 Å². The van der Waals surface area contributed by atoms with Crippen LogP contribution >= 0.6 is 11.6 Å². The van der Waals surface area contributed by atoms with Crippen LogP contribution in [0.2, 0.25) is 5.15 Å². The Morgan fingerprint density at radius 1 is 1.60 bits per heavy atom. The Bertz CT molecular complexity index is 500. The topological polar surface area (TPSA) is 102 Å². The molecule has 0 aliphatic rings. The fourth-order valence-corrected chi connectivity index (χ4v) is 2.12. The number of nitrogen functional groups attached to an aromatic ring is 1. The molecule has 0 bridgehead atoms. The largest absolute Gasteiger partial charge is 0.397 e. The maximum Gasteiger partial charge on any atom is 0.267 e. The molecule has 0 aromatic carbocycles. The van der Waals surface area contributed by atoms with Gasteiger partial charge in [-0.3, -0.25) is 4.79 Å². The van der Waals surface area contributed by atoms with E-state index in [1.165, 1.54) is 6.07 Å². The van der Waals surface area contributed by atoms with E-state index in [-0.39, 0.29) is 15.7 Å². The third-order valence-electron chi connectivity index (χ3n) is 1.43. The molecule has 0 saturated carbocycles. The third-order valence-corrected chi connectivity index (χ3v) is 3.11. The molecule has 1 amide bonds. The van der Waals surface area contributed by atoms with Crippen molar-refractivity contribution in [3.63, 3.8) is 0 Å². The van der Waals surface area contributed by atoms with Crippen LogP contribution in [0.5, 0.6) is 0 Å². The molecule has 0 fully saturated rings. The lowest BCUT2D eigenvalue weighted by Gasteiger charge is -2.06. The van der Waals surface area contributed by atoms with Crippen LogP contribution in [0, 0.1) is 0 Å². The zero-order valence-corrected chi connectivity index (χ0v) is 9.26. The molecule has 15 heavy (non-hydrogen) atoms. The van der Waals surface area contributed by atoms with Crippen molar-refractivity contribution in [3.05, 3.63) is 17.4 Å². The molecule has 0 unspecified atom stereocenters. The van der Waals surface area contributed by atoms with Crippen LogP contribution in [-0.2, 0) is 14.8 Å². The molecule has 0 aliphatic carbocycles. The maximum atomic E-state index is 11.5. The first-order chi connectivity index (χ1) is 6.83. The van der Waals surface area contributed by atoms with Crippen LogP contribution in [0.15, 0.2) is 17.2 Å². The Labute approximate surface area is 91.5 Å². The molecule has 6 nitrogen and oxygen atoms in total. The second-order valence-corrected chi connectivity index (χ2v) is 4.74. The number of amides is 1. The van der Waals surface area contributed by atoms with Gasteiger partial charge in [-0.2, -0.15) is 0 Å². The van der Waals surface area contributed by atoms with Gasteiger partial charge in [-0.15, -0.1) is 0 Å². The van der Waals surface area contributed by atoms with Crippen LogP contribution in [0.25, 0.3) is 0 Å². The molecular formula is C7H8ClN3O3S. The van der Waals surface area contributed by atoms with Crippen molar-refractivity contribution < 1.29 is 13.2 Å². The number of aromatic nitrogens is 1. The smallest absolute Gasteiger partial charge is 0.267 e. The van der Waals surface area contributed by atoms with Crippen molar-refractivity contribution in [2.24, 2.45) is 0 Å². The summed E-state index contributed by atoms with van der Waals surface area (Å²) in [5.74, 6) is -0.704. The van der Waals surface area contributed by atoms with E-state index in [9.17, 15) is 13.2 Å². The Kier molecular flexibility index (Phi) is 3.15. The van der Waals surface area contributed by atoms with E-state index in [2.05, 4.69) is 4.98 Å². The average Bonchev–Trinajstić information content (AvgIpc) is 1.99. The van der Waals surface area contributed by atoms with E-state index >= 15 is 0 Å². The highest BCUT2D eigenvalue weighted by Gasteiger charge is 2.19. The number of halogens is 1. The number of anilines is 1. The van der Waals surface area contributed by atoms with E-state index in [0.717, 1.165) is 13.1 Å². The fourth-order valence-electron chi connectivity index (χ4n) is 0.900. The minimum atomic E-state index is -3.95. The first-order valence-corrected chi connectivity index (χ1v) is 5.63. The number of sulfonamides is 1. The number of carbonyl (C=O) groups excluding carboxylic acids is 1. The molecule has 0 spiro atoms. The molecule has 0 radical (unpaired) electrons. The second-order valence-electron chi connectivity index (χ2n) is 2.71. The lowest BCUT2D eigenvalue weighted by Crippen LogP contribution is -2.28. The summed E-state index contributed by atoms with van der Waals surface area (Å²) in [6.07, 6.45) is 0.989. The molecule has 0 atom stereocenters. The van der Waals surface area contributed by atoms with Gasteiger partial charge in [0.15, 0.2) is 0 Å². The monoisotopic (exact) mass is 249 g/mol. The van der Waals surface area contributed by atoms with Gasteiger partial charge in [-0.1, -0.05) is 11.6 Å². The number of nitrogens with zero attached hydrogens (tertiary/aromatic N) is 1. The molecule has 82 valence electrons. The predicted molar refractivity (Wildman–Crippen MR) is 54.7 cm³/mol. The van der Waals surface area contributed by atoms with Crippen molar-refractivity contribution in [1.29, 1.82) is 0 Å². The van der Waals surface area contributed by atoms with E-state index < -0.39 is 15.9 Å². The van der Waals surface area contributed by atoms with Gasteiger partial charge in [-0.25, -0.2) is 18.1 Å². The quantitative estimate of drug-likeness (QED) is 0.726. The summed E-state index contributed by atoms with van der Waals surface area (Å²) < 4.78 is 24.7. The van der Waals surface area contributed by atoms with Gasteiger partial charge < -0.3 is 5.73 Å². The summed E-state index contributed by atoms with van der Waals surface area (Å²) in [7, 11) is -3.95. The summed E-state index contributed by atoms with van der Waals surface area (Å²) in [5.41, 5.74) is 5.36. The van der Waals surface area contributed by atoms with Crippen molar-refractivity contribution >= 4 is 33.2 Å². The number of hydrogen-bond acceptors (Lipinski definition) is 5. The lowest BCUT2D eigenvalue weighted by atomic mass is 10.4. The van der Waals surface area contributed by atoms with Crippen molar-refractivity contribution in [2.45, 2.75) is 11.8 Å². The summed E-state index contributed by atoms with van der Waals surface area (Å²) in [6.45, 7) is 1.08. The van der Waals surface area contributed by atoms with Crippen molar-refractivity contribution in [2.75, 3.05) is 5.73 Å². The highest BCUT2D eigenvalue weighted by atomic mass is 35.5. The second kappa shape index (κ2) is 4.03. The molecule has 1 aromatic heterocycles. The summed E-state index contributed by atoms with van der Waals surface area (Å²) >= 11 is 5.50. The van der Waals surface area contributed by atoms with Gasteiger partial charge in [0, 0.05) is 6.92 Å². The molecular weight excluding hydrogens is 242 g/mol. The SMILES string of the molecule is CC(=O)NS(=O)(=O)c1cnc(Cl)cc1N. The van der Waals surface area contributed by atoms with Crippen LogP contribution < -0.4 is 10.5 Å². The van der Waals surface area contributed by atoms with Gasteiger partial charge in [0.2, 0.25) is 5.91 Å². The molecule has 3 N–H and O–H groups in total. The van der Waals surface area contributed by atoms with Crippen LogP contribution in [0.1, 0.15) is 6.92 Å². The van der Waals surface area contributed by atoms with Gasteiger partial charge in [0.1, 0.15) is 10.0 Å². The number of pyridine rings is 1. The molecule has 1 heterocycles. The lowest BCUT2D eigenvalue weighted by molar-refractivity contribution is -0.117. The van der Waals surface area contributed by atoms with Crippen molar-refractivity contribution in [3.8, 4) is 0 Å². The number of nitrogens with two attached hydrogens (primary N) is 1. The first-order valence-electron chi connectivity index (χ1n) is 3.77. The zero-order valence-electron chi connectivity index (χ0n) is 7.69. The molecule has 8 heteroatoms. The minimum absolute atomic E-state index is 0.0660. The molecule has 0 saturated heterocycles. The predicted octanol–water partition coefficient (Wildman–Crippen LogP) is 0.142. The van der Waals surface area contributed by atoms with E-state index in [1.807, 2.05) is 0 Å². The first kappa shape index (κ1) is 11.7. The summed E-state index contributed by atoms with van der Waals surface area (Å²) in [4.78, 5) is 13.9. The summed E-state index contributed by atoms with van der Waals surface area (Å²) in [6, 6.07) is 1.19. The average molecular weight is 250 g/mol. The Morgan fingerprint density at radius 2 is 2.20 bits per heavy atom. The zero-order chi connectivity index (χ0) is 11.6. The molecule has 0 aliphatic heterocycles. The van der Waals surface area contributed by atoms with E-state index in [4.69, 9.17) is 17.3 Å². The standard InChI is InChI=1S/C7H8ClN3O3S/c1-4(12)11-15(13,14)6-3-10-7(8)2-5(6)9/h2-3H,1H3,(H2,9,10)(H,11,12). The van der Waals surface area contributed by atoms with Crippen LogP contribution in [-0.4, -0.2) is 19.3 Å². The van der Waals surface area contributed by atoms with E-state index in [0.29, 0.717) is 0 Å². The third kappa shape index (κ3) is 2.80. The highest BCUT2D eigenvalue weighted by molar-refractivity contribution is 7.90. The molecule has 1 aromatic rings. The summed E-state index contributed by atoms with van der Waals surface area (Å²) in [5, 5.41) is 0.0780. The maximum absolute atomic E-state index is 11.5. The Balaban J connectivity index is 3.22. The van der Waals surface area contributed by atoms with Crippen molar-refractivity contribution in [1.82, 2.24) is 9.71 Å². The normalized spacial score (nSPS) is 11.1. The van der Waals surface area contributed by atoms with Crippen LogP contribution in [0.4, 0.5) is 5.69 Å².